The molecule has 0 fully saturated rings. The van der Waals surface area contributed by atoms with Gasteiger partial charge in [0.15, 0.2) is 0 Å². The van der Waals surface area contributed by atoms with Crippen LogP contribution in [0.1, 0.15) is 41.4 Å². The Hall–Kier alpha value is -3.58. The number of fused-ring (bicyclic) bond motifs is 2. The van der Waals surface area contributed by atoms with Crippen LogP contribution < -0.4 is 5.90 Å². The molecule has 0 aromatic heterocycles. The van der Waals surface area contributed by atoms with Gasteiger partial charge in [0, 0.05) is 0 Å². The third kappa shape index (κ3) is 5.36. The fourth-order valence-corrected chi connectivity index (χ4v) is 2.63. The van der Waals surface area contributed by atoms with Gasteiger partial charge >= 0.3 is 0 Å². The minimum absolute atomic E-state index is 0. The smallest absolute Gasteiger partial charge is 0.285 e. The van der Waals surface area contributed by atoms with Crippen molar-refractivity contribution in [3.05, 3.63) is 70.8 Å². The number of hydrogen-bond donors (Lipinski definition) is 2. The van der Waals surface area contributed by atoms with Crippen molar-refractivity contribution >= 4 is 23.6 Å². The Morgan fingerprint density at radius 3 is 1.41 bits per heavy atom. The highest BCUT2D eigenvalue weighted by Gasteiger charge is 2.36. The van der Waals surface area contributed by atoms with Crippen LogP contribution in [0.25, 0.3) is 0 Å². The zero-order chi connectivity index (χ0) is 23.7. The Morgan fingerprint density at radius 2 is 1.09 bits per heavy atom. The summed E-state index contributed by atoms with van der Waals surface area (Å²) in [6.07, 6.45) is 0. The summed E-state index contributed by atoms with van der Waals surface area (Å²) < 4.78 is 22.6. The lowest BCUT2D eigenvalue weighted by Crippen LogP contribution is -2.30. The van der Waals surface area contributed by atoms with Gasteiger partial charge in [0.1, 0.15) is 20.0 Å². The van der Waals surface area contributed by atoms with Gasteiger partial charge in [-0.05, 0) is 24.3 Å². The van der Waals surface area contributed by atoms with Gasteiger partial charge in [0.2, 0.25) is 0 Å². The van der Waals surface area contributed by atoms with E-state index in [1.807, 2.05) is 0 Å². The fraction of sp³-hybridized carbons (Fsp3) is 0.200. The first-order valence-electron chi connectivity index (χ1n) is 9.10. The first-order valence-corrected chi connectivity index (χ1v) is 9.10. The van der Waals surface area contributed by atoms with Crippen LogP contribution in [0.4, 0.5) is 8.78 Å². The first-order chi connectivity index (χ1) is 15.4. The van der Waals surface area contributed by atoms with Gasteiger partial charge in [0.25, 0.3) is 23.6 Å². The third-order valence-electron chi connectivity index (χ3n) is 4.02. The lowest BCUT2D eigenvalue weighted by molar-refractivity contribution is -0.0941. The number of carbonyl (C=O) groups excluding carboxylic acids is 4. The summed E-state index contributed by atoms with van der Waals surface area (Å²) in [5.74, 6) is 2.01. The van der Waals surface area contributed by atoms with Gasteiger partial charge in [-0.3, -0.25) is 29.2 Å². The predicted molar refractivity (Wildman–Crippen MR) is 104 cm³/mol. The van der Waals surface area contributed by atoms with Crippen molar-refractivity contribution in [1.82, 2.24) is 10.1 Å². The molecule has 0 bridgehead atoms. The zero-order valence-corrected chi connectivity index (χ0v) is 16.6. The number of imide groups is 2. The number of nitrogens with two attached hydrogens (primary N) is 1. The molecule has 0 saturated heterocycles. The Balaban J connectivity index is 0.000000191. The van der Waals surface area contributed by atoms with Gasteiger partial charge in [-0.25, -0.2) is 14.7 Å². The maximum Gasteiger partial charge on any atom is 0.285 e. The highest BCUT2D eigenvalue weighted by atomic mass is 19.1. The van der Waals surface area contributed by atoms with E-state index in [0.29, 0.717) is 16.2 Å². The second kappa shape index (κ2) is 11.7. The highest BCUT2D eigenvalue weighted by molar-refractivity contribution is 6.21. The van der Waals surface area contributed by atoms with E-state index in [4.69, 9.17) is 10.0 Å². The molecule has 0 atom stereocenters. The van der Waals surface area contributed by atoms with E-state index in [1.165, 1.54) is 24.3 Å². The van der Waals surface area contributed by atoms with Crippen LogP contribution in [0.3, 0.4) is 0 Å². The minimum Gasteiger partial charge on any atom is -0.302 e. The number of nitrogens with zero attached hydrogens (tertiary/aromatic N) is 2. The normalized spacial score (nSPS) is 13.9. The Labute approximate surface area is 180 Å². The molecule has 2 aliphatic rings. The number of amides is 4. The molecule has 0 spiro atoms. The maximum atomic E-state index is 11.9. The molecule has 0 unspecified atom stereocenters. The molecule has 3 N–H and O–H groups in total. The summed E-state index contributed by atoms with van der Waals surface area (Å²) in [6.45, 7) is -1.55. The second-order valence-corrected chi connectivity index (χ2v) is 6.00. The first kappa shape index (κ1) is 24.7. The molecule has 0 radical (unpaired) electrons. The number of halogens is 2. The van der Waals surface area contributed by atoms with Gasteiger partial charge in [-0.2, -0.15) is 0 Å². The highest BCUT2D eigenvalue weighted by Crippen LogP contribution is 2.22. The molecule has 2 aromatic rings. The van der Waals surface area contributed by atoms with E-state index in [0.717, 1.165) is 0 Å². The van der Waals surface area contributed by atoms with Crippen molar-refractivity contribution in [1.29, 1.82) is 0 Å². The minimum atomic E-state index is -0.743. The standard InChI is InChI=1S/C10H8FNO3.C8H5NO3.C2H6FNO/c11-5-6-15-12-9(13)7-3-1-2-4-8(7)10(12)14;10-7-5-3-1-2-4-6(5)8(11)9(7)12;3-1-2-5-4/h1-4H,5-6H2;1-4,12H;1-2,4H2. The number of carbonyl (C=O) groups is 4. The average molecular weight is 451 g/mol. The Morgan fingerprint density at radius 1 is 0.719 bits per heavy atom. The molecule has 2 heterocycles. The number of alkyl halides is 2. The van der Waals surface area contributed by atoms with E-state index in [1.54, 1.807) is 24.3 Å². The summed E-state index contributed by atoms with van der Waals surface area (Å²) >= 11 is 0. The maximum absolute atomic E-state index is 11.9. The van der Waals surface area contributed by atoms with Crippen molar-refractivity contribution in [2.75, 3.05) is 26.6 Å². The number of hydroxylamine groups is 4. The Bertz CT molecular complexity index is 931. The topological polar surface area (TPSA) is 139 Å². The molecule has 4 amide bonds. The predicted octanol–water partition coefficient (Wildman–Crippen LogP) is 1.70. The average Bonchev–Trinajstić information content (AvgIpc) is 3.19. The van der Waals surface area contributed by atoms with E-state index in [-0.39, 0.29) is 29.4 Å². The largest absolute Gasteiger partial charge is 0.302 e. The van der Waals surface area contributed by atoms with E-state index in [9.17, 15) is 28.0 Å². The SMILES string of the molecule is NOCCF.O=C1c2ccccc2C(=O)N1O.O=C1c2ccccc2C(=O)N1OCCF. The van der Waals surface area contributed by atoms with E-state index in [2.05, 4.69) is 10.7 Å². The van der Waals surface area contributed by atoms with Crippen LogP contribution in [0.2, 0.25) is 0 Å². The van der Waals surface area contributed by atoms with Crippen molar-refractivity contribution in [3.63, 3.8) is 0 Å². The van der Waals surface area contributed by atoms with Crippen LogP contribution in [0, 0.1) is 0 Å². The van der Waals surface area contributed by atoms with Gasteiger partial charge in [-0.1, -0.05) is 24.3 Å². The van der Waals surface area contributed by atoms with Crippen molar-refractivity contribution in [2.24, 2.45) is 5.90 Å². The molecular weight excluding hydrogens is 432 g/mol. The van der Waals surface area contributed by atoms with Crippen LogP contribution in [-0.4, -0.2) is 65.5 Å². The van der Waals surface area contributed by atoms with Crippen molar-refractivity contribution in [2.45, 2.75) is 0 Å². The van der Waals surface area contributed by atoms with E-state index >= 15 is 0 Å². The van der Waals surface area contributed by atoms with Crippen LogP contribution in [0.5, 0.6) is 0 Å². The molecule has 2 aliphatic heterocycles. The number of benzene rings is 2. The summed E-state index contributed by atoms with van der Waals surface area (Å²) in [4.78, 5) is 53.8. The molecule has 32 heavy (non-hydrogen) atoms. The van der Waals surface area contributed by atoms with Gasteiger partial charge < -0.3 is 4.84 Å². The summed E-state index contributed by atoms with van der Waals surface area (Å²) in [7, 11) is 0. The molecular formula is C20H19F2N3O7. The van der Waals surface area contributed by atoms with Crippen molar-refractivity contribution in [3.8, 4) is 0 Å². The molecule has 2 aromatic carbocycles. The van der Waals surface area contributed by atoms with E-state index < -0.39 is 37.0 Å². The summed E-state index contributed by atoms with van der Waals surface area (Å²) in [5.41, 5.74) is 1.10. The second-order valence-electron chi connectivity index (χ2n) is 6.00. The number of hydrogen-bond acceptors (Lipinski definition) is 8. The summed E-state index contributed by atoms with van der Waals surface area (Å²) in [5, 5.41) is 9.65. The monoisotopic (exact) mass is 451 g/mol. The van der Waals surface area contributed by atoms with Crippen molar-refractivity contribution < 1.29 is 42.8 Å². The molecule has 10 nitrogen and oxygen atoms in total. The molecule has 4 rings (SSSR count). The van der Waals surface area contributed by atoms with Crippen LogP contribution in [0.15, 0.2) is 48.5 Å². The molecule has 0 aliphatic carbocycles. The summed E-state index contributed by atoms with van der Waals surface area (Å²) in [6, 6.07) is 12.7. The quantitative estimate of drug-likeness (QED) is 0.398. The number of rotatable bonds is 5. The van der Waals surface area contributed by atoms with Crippen LogP contribution >= 0.6 is 0 Å². The van der Waals surface area contributed by atoms with Gasteiger partial charge in [-0.15, -0.1) is 10.1 Å². The molecule has 12 heteroatoms. The molecule has 0 saturated carbocycles. The van der Waals surface area contributed by atoms with Gasteiger partial charge in [0.05, 0.1) is 28.9 Å². The molecule has 170 valence electrons. The fourth-order valence-electron chi connectivity index (χ4n) is 2.63. The Kier molecular flexibility index (Phi) is 9.04. The zero-order valence-electron chi connectivity index (χ0n) is 16.6. The third-order valence-corrected chi connectivity index (χ3v) is 4.02. The lowest BCUT2D eigenvalue weighted by Gasteiger charge is -2.11. The lowest BCUT2D eigenvalue weighted by atomic mass is 10.1. The van der Waals surface area contributed by atoms with Crippen LogP contribution in [-0.2, 0) is 9.68 Å².